The lowest BCUT2D eigenvalue weighted by atomic mass is 10.0. The maximum absolute atomic E-state index is 12.9. The number of phosphoric ester groups is 1. The van der Waals surface area contributed by atoms with Gasteiger partial charge in [0, 0.05) is 6.42 Å². The molecule has 0 aromatic carbocycles. The van der Waals surface area contributed by atoms with Crippen molar-refractivity contribution in [2.24, 2.45) is 0 Å². The molecule has 0 aliphatic heterocycles. The van der Waals surface area contributed by atoms with Crippen molar-refractivity contribution in [3.05, 3.63) is 24.3 Å². The molecule has 0 fully saturated rings. The normalized spacial score (nSPS) is 14.3. The third kappa shape index (κ3) is 45.0. The minimum Gasteiger partial charge on any atom is -0.756 e. The largest absolute Gasteiger partial charge is 0.756 e. The standard InChI is InChI=1S/C51H101N2O6P/c1-6-8-10-12-14-16-18-20-22-24-26-28-30-32-34-36-38-40-42-44-50(54)49(48-59-60(56,57)58-47-46-53(3,4)5)52-51(55)45-43-41-39-37-35-33-31-29-27-25-23-21-19-17-15-13-11-9-7-2/h34,36,42,44,49-50,54H,6-33,35,37-41,43,45-48H2,1-5H3,(H-,52,55,56,57)/b36-34+,44-42+. The van der Waals surface area contributed by atoms with Crippen molar-refractivity contribution >= 4 is 13.7 Å². The molecular weight excluding hydrogens is 768 g/mol. The van der Waals surface area contributed by atoms with Gasteiger partial charge in [0.15, 0.2) is 0 Å². The fraction of sp³-hybridized carbons (Fsp3) is 0.902. The predicted molar refractivity (Wildman–Crippen MR) is 256 cm³/mol. The second kappa shape index (κ2) is 43.2. The fourth-order valence-corrected chi connectivity index (χ4v) is 8.30. The molecule has 0 saturated carbocycles. The lowest BCUT2D eigenvalue weighted by Gasteiger charge is -2.29. The molecule has 2 N–H and O–H groups in total. The molecule has 356 valence electrons. The third-order valence-electron chi connectivity index (χ3n) is 11.7. The van der Waals surface area contributed by atoms with Gasteiger partial charge in [0.1, 0.15) is 13.2 Å². The average molecular weight is 869 g/mol. The van der Waals surface area contributed by atoms with Crippen LogP contribution in [0.3, 0.4) is 0 Å². The number of aliphatic hydroxyl groups excluding tert-OH is 1. The van der Waals surface area contributed by atoms with E-state index >= 15 is 0 Å². The molecule has 0 aromatic rings. The molecule has 0 radical (unpaired) electrons. The van der Waals surface area contributed by atoms with Crippen molar-refractivity contribution in [1.82, 2.24) is 5.32 Å². The van der Waals surface area contributed by atoms with Crippen molar-refractivity contribution in [2.75, 3.05) is 40.9 Å². The molecule has 0 spiro atoms. The third-order valence-corrected chi connectivity index (χ3v) is 12.6. The van der Waals surface area contributed by atoms with Gasteiger partial charge in [-0.2, -0.15) is 0 Å². The van der Waals surface area contributed by atoms with Crippen LogP contribution in [0.15, 0.2) is 24.3 Å². The summed E-state index contributed by atoms with van der Waals surface area (Å²) in [4.78, 5) is 25.4. The van der Waals surface area contributed by atoms with Gasteiger partial charge in [-0.3, -0.25) is 9.36 Å². The van der Waals surface area contributed by atoms with Crippen molar-refractivity contribution in [1.29, 1.82) is 0 Å². The molecule has 8 nitrogen and oxygen atoms in total. The maximum atomic E-state index is 12.9. The van der Waals surface area contributed by atoms with Crippen LogP contribution in [0.5, 0.6) is 0 Å². The number of aliphatic hydroxyl groups is 1. The number of likely N-dealkylation sites (N-methyl/N-ethyl adjacent to an activating group) is 1. The Morgan fingerprint density at radius 3 is 1.35 bits per heavy atom. The first-order valence-electron chi connectivity index (χ1n) is 25.7. The highest BCUT2D eigenvalue weighted by Crippen LogP contribution is 2.38. The number of rotatable bonds is 47. The second-order valence-corrected chi connectivity index (χ2v) is 20.3. The number of phosphoric acid groups is 1. The van der Waals surface area contributed by atoms with Gasteiger partial charge in [-0.15, -0.1) is 0 Å². The van der Waals surface area contributed by atoms with E-state index < -0.39 is 20.0 Å². The highest BCUT2D eigenvalue weighted by Gasteiger charge is 2.23. The van der Waals surface area contributed by atoms with E-state index in [1.54, 1.807) is 6.08 Å². The Kier molecular flexibility index (Phi) is 42.5. The van der Waals surface area contributed by atoms with E-state index in [9.17, 15) is 19.4 Å². The van der Waals surface area contributed by atoms with Gasteiger partial charge in [0.05, 0.1) is 39.9 Å². The summed E-state index contributed by atoms with van der Waals surface area (Å²) in [5.74, 6) is -0.203. The van der Waals surface area contributed by atoms with Gasteiger partial charge < -0.3 is 28.8 Å². The molecular formula is C51H101N2O6P. The average Bonchev–Trinajstić information content (AvgIpc) is 3.20. The van der Waals surface area contributed by atoms with E-state index in [4.69, 9.17) is 9.05 Å². The van der Waals surface area contributed by atoms with E-state index in [0.29, 0.717) is 17.4 Å². The molecule has 1 amide bonds. The topological polar surface area (TPSA) is 108 Å². The van der Waals surface area contributed by atoms with Crippen LogP contribution in [0.25, 0.3) is 0 Å². The van der Waals surface area contributed by atoms with Crippen molar-refractivity contribution in [2.45, 2.75) is 257 Å². The smallest absolute Gasteiger partial charge is 0.268 e. The number of allylic oxidation sites excluding steroid dienone is 3. The minimum absolute atomic E-state index is 0.00393. The number of carbonyl (C=O) groups excluding carboxylic acids is 1. The summed E-state index contributed by atoms with van der Waals surface area (Å²) in [6.45, 7) is 4.66. The molecule has 60 heavy (non-hydrogen) atoms. The number of quaternary nitrogens is 1. The molecule has 0 aliphatic rings. The van der Waals surface area contributed by atoms with Crippen LogP contribution in [0.4, 0.5) is 0 Å². The van der Waals surface area contributed by atoms with E-state index in [0.717, 1.165) is 38.5 Å². The molecule has 0 rings (SSSR count). The summed E-state index contributed by atoms with van der Waals surface area (Å²) in [6, 6.07) is -0.899. The number of nitrogens with one attached hydrogen (secondary N) is 1. The summed E-state index contributed by atoms with van der Waals surface area (Å²) in [7, 11) is 1.25. The number of unbranched alkanes of at least 4 members (excludes halogenated alkanes) is 32. The number of carbonyl (C=O) groups is 1. The van der Waals surface area contributed by atoms with Gasteiger partial charge in [-0.25, -0.2) is 0 Å². The van der Waals surface area contributed by atoms with E-state index in [1.165, 1.54) is 186 Å². The molecule has 0 bridgehead atoms. The second-order valence-electron chi connectivity index (χ2n) is 18.9. The van der Waals surface area contributed by atoms with Gasteiger partial charge in [0.25, 0.3) is 7.82 Å². The molecule has 0 aliphatic carbocycles. The van der Waals surface area contributed by atoms with Gasteiger partial charge in [-0.1, -0.05) is 231 Å². The lowest BCUT2D eigenvalue weighted by molar-refractivity contribution is -0.870. The predicted octanol–water partition coefficient (Wildman–Crippen LogP) is 14.2. The Morgan fingerprint density at radius 2 is 0.933 bits per heavy atom. The summed E-state index contributed by atoms with van der Waals surface area (Å²) in [5, 5.41) is 13.8. The summed E-state index contributed by atoms with van der Waals surface area (Å²) < 4.78 is 23.3. The molecule has 3 unspecified atom stereocenters. The van der Waals surface area contributed by atoms with Crippen molar-refractivity contribution in [3.63, 3.8) is 0 Å². The van der Waals surface area contributed by atoms with Gasteiger partial charge in [-0.05, 0) is 32.1 Å². The fourth-order valence-electron chi connectivity index (χ4n) is 7.58. The quantitative estimate of drug-likeness (QED) is 0.0273. The zero-order chi connectivity index (χ0) is 44.3. The lowest BCUT2D eigenvalue weighted by Crippen LogP contribution is -2.45. The Bertz CT molecular complexity index is 1030. The number of hydrogen-bond donors (Lipinski definition) is 2. The maximum Gasteiger partial charge on any atom is 0.268 e. The highest BCUT2D eigenvalue weighted by molar-refractivity contribution is 7.45. The minimum atomic E-state index is -4.60. The van der Waals surface area contributed by atoms with Crippen LogP contribution in [0, 0.1) is 0 Å². The Morgan fingerprint density at radius 1 is 0.567 bits per heavy atom. The Hall–Kier alpha value is -1.02. The van der Waals surface area contributed by atoms with Crippen LogP contribution in [-0.2, 0) is 18.4 Å². The molecule has 0 saturated heterocycles. The van der Waals surface area contributed by atoms with Crippen LogP contribution in [-0.4, -0.2) is 68.5 Å². The van der Waals surface area contributed by atoms with Crippen LogP contribution in [0.1, 0.15) is 245 Å². The Labute approximate surface area is 373 Å². The number of hydrogen-bond acceptors (Lipinski definition) is 6. The van der Waals surface area contributed by atoms with Crippen LogP contribution in [0.2, 0.25) is 0 Å². The zero-order valence-electron chi connectivity index (χ0n) is 40.4. The first kappa shape index (κ1) is 59.0. The highest BCUT2D eigenvalue weighted by atomic mass is 31.2. The van der Waals surface area contributed by atoms with Crippen LogP contribution >= 0.6 is 7.82 Å². The van der Waals surface area contributed by atoms with Gasteiger partial charge >= 0.3 is 0 Å². The molecule has 9 heteroatoms. The van der Waals surface area contributed by atoms with Crippen LogP contribution < -0.4 is 10.2 Å². The summed E-state index contributed by atoms with van der Waals surface area (Å²) >= 11 is 0. The monoisotopic (exact) mass is 869 g/mol. The first-order chi connectivity index (χ1) is 29.0. The van der Waals surface area contributed by atoms with E-state index in [2.05, 4.69) is 31.3 Å². The van der Waals surface area contributed by atoms with E-state index in [1.807, 2.05) is 27.2 Å². The molecule has 0 aromatic heterocycles. The van der Waals surface area contributed by atoms with Crippen molar-refractivity contribution < 1.29 is 32.9 Å². The zero-order valence-corrected chi connectivity index (χ0v) is 41.3. The van der Waals surface area contributed by atoms with E-state index in [-0.39, 0.29) is 19.1 Å². The SMILES string of the molecule is CCCCCCCCCCCCCCC/C=C/CC/C=C/C(O)C(COP(=O)([O-])OCC[N+](C)(C)C)NC(=O)CCCCCCCCCCCCCCCCCCCCC. The molecule has 3 atom stereocenters. The number of amides is 1. The summed E-state index contributed by atoms with van der Waals surface area (Å²) in [6.07, 6.45) is 52.3. The van der Waals surface area contributed by atoms with Crippen molar-refractivity contribution in [3.8, 4) is 0 Å². The summed E-state index contributed by atoms with van der Waals surface area (Å²) in [5.41, 5.74) is 0. The first-order valence-corrected chi connectivity index (χ1v) is 27.2. The Balaban J connectivity index is 4.33. The van der Waals surface area contributed by atoms with Gasteiger partial charge in [0.2, 0.25) is 5.91 Å². The molecule has 0 heterocycles. The number of nitrogens with zero attached hydrogens (tertiary/aromatic N) is 1.